The molecule has 1 unspecified atom stereocenters. The molecule has 0 aliphatic heterocycles. The molecule has 0 fully saturated rings. The second kappa shape index (κ2) is 10.9. The molecule has 0 saturated heterocycles. The summed E-state index contributed by atoms with van der Waals surface area (Å²) in [4.78, 5) is 13.5. The fourth-order valence-corrected chi connectivity index (χ4v) is 3.45. The van der Waals surface area contributed by atoms with Gasteiger partial charge < -0.3 is 16.0 Å². The van der Waals surface area contributed by atoms with Gasteiger partial charge in [-0.1, -0.05) is 48.6 Å². The van der Waals surface area contributed by atoms with E-state index in [-0.39, 0.29) is 11.9 Å². The first-order valence-electron chi connectivity index (χ1n) is 10.2. The number of rotatable bonds is 7. The Labute approximate surface area is 184 Å². The number of allylic oxidation sites excluding steroid dienone is 3. The van der Waals surface area contributed by atoms with Gasteiger partial charge in [-0.2, -0.15) is 0 Å². The Morgan fingerprint density at radius 3 is 2.60 bits per heavy atom. The molecule has 1 aliphatic carbocycles. The van der Waals surface area contributed by atoms with Crippen LogP contribution in [-0.4, -0.2) is 19.5 Å². The average Bonchev–Trinajstić information content (AvgIpc) is 2.74. The van der Waals surface area contributed by atoms with Gasteiger partial charge in [0, 0.05) is 35.8 Å². The van der Waals surface area contributed by atoms with Crippen LogP contribution in [0.5, 0.6) is 0 Å². The summed E-state index contributed by atoms with van der Waals surface area (Å²) in [6.07, 6.45) is 9.78. The standard InChI is InChI=1S/C25H29N3OS/c1-18(20-13-15-22(26-2)16-14-20)27-17-19-7-3-4-8-21(12-11-19)25(29)28-23-9-5-6-10-24(23)30/h3,5-7,9-16,18,26-27,30H,4,8,17H2,1-2H3,(H,28,29)/b7-3-,19-11+,21-12+. The van der Waals surface area contributed by atoms with E-state index in [0.29, 0.717) is 6.42 Å². The van der Waals surface area contributed by atoms with Crippen molar-refractivity contribution in [2.45, 2.75) is 30.7 Å². The number of carbonyl (C=O) groups is 1. The summed E-state index contributed by atoms with van der Waals surface area (Å²) in [6, 6.07) is 16.2. The SMILES string of the molecule is CNc1ccc(C(C)NCC2=C/C=C(/C(=O)Nc3ccccc3S)CC/C=C\2)cc1. The number of hydrogen-bond acceptors (Lipinski definition) is 4. The highest BCUT2D eigenvalue weighted by Crippen LogP contribution is 2.21. The van der Waals surface area contributed by atoms with Crippen molar-refractivity contribution in [1.29, 1.82) is 0 Å². The highest BCUT2D eigenvalue weighted by atomic mass is 32.1. The third kappa shape index (κ3) is 6.12. The zero-order valence-corrected chi connectivity index (χ0v) is 18.4. The van der Waals surface area contributed by atoms with Crippen LogP contribution in [0, 0.1) is 0 Å². The van der Waals surface area contributed by atoms with Gasteiger partial charge in [0.15, 0.2) is 0 Å². The Balaban J connectivity index is 1.63. The summed E-state index contributed by atoms with van der Waals surface area (Å²) >= 11 is 4.41. The Hall–Kier alpha value is -2.76. The van der Waals surface area contributed by atoms with Gasteiger partial charge >= 0.3 is 0 Å². The van der Waals surface area contributed by atoms with E-state index in [0.717, 1.165) is 40.4 Å². The molecule has 1 aliphatic rings. The maximum atomic E-state index is 12.7. The first kappa shape index (κ1) is 21.9. The van der Waals surface area contributed by atoms with E-state index in [2.05, 4.69) is 71.9 Å². The molecule has 2 aromatic carbocycles. The van der Waals surface area contributed by atoms with E-state index in [9.17, 15) is 4.79 Å². The van der Waals surface area contributed by atoms with Crippen LogP contribution >= 0.6 is 12.6 Å². The third-order valence-corrected chi connectivity index (χ3v) is 5.56. The molecule has 0 heterocycles. The molecule has 5 heteroatoms. The van der Waals surface area contributed by atoms with Gasteiger partial charge in [-0.15, -0.1) is 12.6 Å². The molecular formula is C25H29N3OS. The largest absolute Gasteiger partial charge is 0.388 e. The Bertz CT molecular complexity index is 961. The van der Waals surface area contributed by atoms with Gasteiger partial charge in [-0.3, -0.25) is 4.79 Å². The van der Waals surface area contributed by atoms with E-state index in [1.165, 1.54) is 5.56 Å². The van der Waals surface area contributed by atoms with Crippen molar-refractivity contribution in [2.75, 3.05) is 24.2 Å². The number of nitrogens with one attached hydrogen (secondary N) is 3. The monoisotopic (exact) mass is 419 g/mol. The van der Waals surface area contributed by atoms with Crippen LogP contribution in [0.1, 0.15) is 31.4 Å². The molecule has 30 heavy (non-hydrogen) atoms. The predicted octanol–water partition coefficient (Wildman–Crippen LogP) is 5.51. The number of para-hydroxylation sites is 1. The summed E-state index contributed by atoms with van der Waals surface area (Å²) in [5.74, 6) is -0.0756. The van der Waals surface area contributed by atoms with E-state index in [1.807, 2.05) is 43.5 Å². The van der Waals surface area contributed by atoms with Crippen LogP contribution in [0.15, 0.2) is 88.9 Å². The van der Waals surface area contributed by atoms with Crippen molar-refractivity contribution in [3.63, 3.8) is 0 Å². The van der Waals surface area contributed by atoms with Crippen molar-refractivity contribution in [3.05, 3.63) is 89.5 Å². The molecule has 0 bridgehead atoms. The van der Waals surface area contributed by atoms with Gasteiger partial charge in [0.05, 0.1) is 5.69 Å². The normalized spacial score (nSPS) is 19.3. The quantitative estimate of drug-likeness (QED) is 0.448. The second-order valence-corrected chi connectivity index (χ2v) is 7.80. The van der Waals surface area contributed by atoms with Crippen LogP contribution in [0.2, 0.25) is 0 Å². The number of carbonyl (C=O) groups excluding carboxylic acids is 1. The minimum Gasteiger partial charge on any atom is -0.388 e. The lowest BCUT2D eigenvalue weighted by atomic mass is 10.0. The van der Waals surface area contributed by atoms with Crippen LogP contribution < -0.4 is 16.0 Å². The van der Waals surface area contributed by atoms with Crippen molar-refractivity contribution in [1.82, 2.24) is 5.32 Å². The number of thiol groups is 1. The summed E-state index contributed by atoms with van der Waals surface area (Å²) in [7, 11) is 1.92. The van der Waals surface area contributed by atoms with Crippen molar-refractivity contribution in [3.8, 4) is 0 Å². The predicted molar refractivity (Wildman–Crippen MR) is 129 cm³/mol. The first-order chi connectivity index (χ1) is 14.6. The molecule has 2 aromatic rings. The van der Waals surface area contributed by atoms with E-state index < -0.39 is 0 Å². The molecule has 3 rings (SSSR count). The Morgan fingerprint density at radius 2 is 1.87 bits per heavy atom. The molecule has 1 amide bonds. The lowest BCUT2D eigenvalue weighted by molar-refractivity contribution is -0.113. The fraction of sp³-hybridized carbons (Fsp3) is 0.240. The minimum absolute atomic E-state index is 0.0756. The molecule has 0 saturated carbocycles. The molecule has 1 atom stereocenters. The highest BCUT2D eigenvalue weighted by molar-refractivity contribution is 7.80. The number of amides is 1. The number of hydrogen-bond donors (Lipinski definition) is 4. The summed E-state index contributed by atoms with van der Waals surface area (Å²) < 4.78 is 0. The Morgan fingerprint density at radius 1 is 1.10 bits per heavy atom. The van der Waals surface area contributed by atoms with Crippen LogP contribution in [0.4, 0.5) is 11.4 Å². The minimum atomic E-state index is -0.0756. The highest BCUT2D eigenvalue weighted by Gasteiger charge is 2.11. The number of benzene rings is 2. The topological polar surface area (TPSA) is 53.2 Å². The lowest BCUT2D eigenvalue weighted by Crippen LogP contribution is -2.21. The van der Waals surface area contributed by atoms with Crippen LogP contribution in [-0.2, 0) is 4.79 Å². The lowest BCUT2D eigenvalue weighted by Gasteiger charge is -2.16. The maximum Gasteiger partial charge on any atom is 0.251 e. The zero-order chi connectivity index (χ0) is 21.3. The molecule has 3 N–H and O–H groups in total. The molecule has 4 nitrogen and oxygen atoms in total. The van der Waals surface area contributed by atoms with Crippen molar-refractivity contribution >= 4 is 29.9 Å². The molecule has 156 valence electrons. The average molecular weight is 420 g/mol. The van der Waals surface area contributed by atoms with Crippen molar-refractivity contribution < 1.29 is 4.79 Å². The molecule has 0 radical (unpaired) electrons. The molecule has 0 aromatic heterocycles. The van der Waals surface area contributed by atoms with Crippen molar-refractivity contribution in [2.24, 2.45) is 0 Å². The van der Waals surface area contributed by atoms with Crippen LogP contribution in [0.25, 0.3) is 0 Å². The molecular weight excluding hydrogens is 390 g/mol. The smallest absolute Gasteiger partial charge is 0.251 e. The van der Waals surface area contributed by atoms with Gasteiger partial charge in [0.25, 0.3) is 5.91 Å². The van der Waals surface area contributed by atoms with E-state index >= 15 is 0 Å². The second-order valence-electron chi connectivity index (χ2n) is 7.32. The maximum absolute atomic E-state index is 12.7. The van der Waals surface area contributed by atoms with E-state index in [4.69, 9.17) is 0 Å². The van der Waals surface area contributed by atoms with Gasteiger partial charge in [-0.25, -0.2) is 0 Å². The zero-order valence-electron chi connectivity index (χ0n) is 17.5. The van der Waals surface area contributed by atoms with Crippen LogP contribution in [0.3, 0.4) is 0 Å². The molecule has 0 spiro atoms. The fourth-order valence-electron chi connectivity index (χ4n) is 3.24. The first-order valence-corrected chi connectivity index (χ1v) is 10.7. The van der Waals surface area contributed by atoms with Gasteiger partial charge in [0.1, 0.15) is 0 Å². The third-order valence-electron chi connectivity index (χ3n) is 5.17. The van der Waals surface area contributed by atoms with Gasteiger partial charge in [-0.05, 0) is 55.2 Å². The van der Waals surface area contributed by atoms with Gasteiger partial charge in [0.2, 0.25) is 0 Å². The Kier molecular flexibility index (Phi) is 7.94. The van der Waals surface area contributed by atoms with E-state index in [1.54, 1.807) is 0 Å². The number of anilines is 2. The summed E-state index contributed by atoms with van der Waals surface area (Å²) in [6.45, 7) is 2.89. The summed E-state index contributed by atoms with van der Waals surface area (Å²) in [5, 5.41) is 9.67. The summed E-state index contributed by atoms with van der Waals surface area (Å²) in [5.41, 5.74) is 4.99.